The lowest BCUT2D eigenvalue weighted by molar-refractivity contribution is 0.430. The van der Waals surface area contributed by atoms with Crippen molar-refractivity contribution < 1.29 is 0 Å². The molecule has 90 heavy (non-hydrogen) atoms. The van der Waals surface area contributed by atoms with Crippen molar-refractivity contribution in [1.82, 2.24) is 13.7 Å². The second-order valence-corrected chi connectivity index (χ2v) is 23.1. The first kappa shape index (κ1) is 66.8. The summed E-state index contributed by atoms with van der Waals surface area (Å²) < 4.78 is 7.23. The van der Waals surface area contributed by atoms with Crippen LogP contribution in [0.1, 0.15) is 133 Å². The predicted octanol–water partition coefficient (Wildman–Crippen LogP) is 25.6. The minimum Gasteiger partial charge on any atom is -0.310 e. The monoisotopic (exact) mass is 1180 g/mol. The summed E-state index contributed by atoms with van der Waals surface area (Å²) in [5.74, 6) is 2.19. The van der Waals surface area contributed by atoms with E-state index < -0.39 is 0 Å². The van der Waals surface area contributed by atoms with E-state index in [0.29, 0.717) is 11.8 Å². The number of nitrogens with zero attached hydrogens (tertiary/aromatic N) is 3. The van der Waals surface area contributed by atoms with Crippen molar-refractivity contribution in [3.63, 3.8) is 0 Å². The Morgan fingerprint density at radius 3 is 1.21 bits per heavy atom. The van der Waals surface area contributed by atoms with Gasteiger partial charge >= 0.3 is 0 Å². The summed E-state index contributed by atoms with van der Waals surface area (Å²) >= 11 is 0. The van der Waals surface area contributed by atoms with Gasteiger partial charge < -0.3 is 13.7 Å². The van der Waals surface area contributed by atoms with Crippen LogP contribution in [0.4, 0.5) is 0 Å². The normalized spacial score (nSPS) is 14.1. The fraction of sp³-hybridized carbons (Fsp3) is 0.241. The molecule has 0 fully saturated rings. The number of aromatic nitrogens is 3. The summed E-state index contributed by atoms with van der Waals surface area (Å²) in [5.41, 5.74) is 22.0. The molecule has 14 rings (SSSR count). The molecule has 3 atom stereocenters. The molecule has 0 saturated heterocycles. The first-order valence-electron chi connectivity index (χ1n) is 33.3. The minimum absolute atomic E-state index is 0.672. The van der Waals surface area contributed by atoms with Gasteiger partial charge in [-0.25, -0.2) is 0 Å². The highest BCUT2D eigenvalue weighted by Gasteiger charge is 2.24. The van der Waals surface area contributed by atoms with E-state index in [9.17, 15) is 0 Å². The Labute approximate surface area is 539 Å². The molecule has 1 aliphatic rings. The fourth-order valence-electron chi connectivity index (χ4n) is 13.0. The van der Waals surface area contributed by atoms with Gasteiger partial charge in [-0.05, 0) is 183 Å². The molecule has 0 spiro atoms. The minimum atomic E-state index is 0.672. The Bertz CT molecular complexity index is 4260. The van der Waals surface area contributed by atoms with Crippen LogP contribution in [0.15, 0.2) is 261 Å². The first-order chi connectivity index (χ1) is 44.1. The molecule has 0 aliphatic heterocycles. The van der Waals surface area contributed by atoms with Crippen molar-refractivity contribution >= 4 is 60.6 Å². The van der Waals surface area contributed by atoms with Gasteiger partial charge in [0.05, 0.1) is 27.6 Å². The summed E-state index contributed by atoms with van der Waals surface area (Å²) in [6.45, 7) is 29.8. The lowest BCUT2D eigenvalue weighted by Gasteiger charge is -2.24. The van der Waals surface area contributed by atoms with Crippen LogP contribution < -0.4 is 0 Å². The molecule has 0 radical (unpaired) electrons. The third-order valence-electron chi connectivity index (χ3n) is 16.8. The Morgan fingerprint density at radius 1 is 0.411 bits per heavy atom. The quantitative estimate of drug-likeness (QED) is 0.135. The number of para-hydroxylation sites is 5. The topological polar surface area (TPSA) is 14.8 Å². The van der Waals surface area contributed by atoms with E-state index in [1.807, 2.05) is 53.7 Å². The zero-order chi connectivity index (χ0) is 64.1. The van der Waals surface area contributed by atoms with Crippen molar-refractivity contribution in [2.45, 2.75) is 129 Å². The second kappa shape index (κ2) is 32.9. The largest absolute Gasteiger partial charge is 0.310 e. The van der Waals surface area contributed by atoms with Crippen LogP contribution in [-0.2, 0) is 6.42 Å². The summed E-state index contributed by atoms with van der Waals surface area (Å²) in [7, 11) is 0. The SMILES string of the molecule is C/C=C\c1c(CCC)c2ccccc2n1-c1cc(C)cc(-n2c3ccccc3c3ccccc32)c1.CC.CC.CC.Cc1cc(C)cc(-n2c3ccccc3c3ccccc32)c1.Cc1ccccc1C1CC(C)CC=CC1C.c1ccc(-c2ccccc2)cc1. The number of rotatable bonds is 8. The van der Waals surface area contributed by atoms with Crippen LogP contribution in [0.3, 0.4) is 0 Å². The highest BCUT2D eigenvalue weighted by Crippen LogP contribution is 2.39. The molecule has 3 aromatic heterocycles. The molecule has 13 aromatic rings. The number of hydrogen-bond donors (Lipinski definition) is 0. The summed E-state index contributed by atoms with van der Waals surface area (Å²) in [4.78, 5) is 0. The molecular formula is C87H97N3. The molecule has 0 N–H and O–H groups in total. The first-order valence-corrected chi connectivity index (χ1v) is 33.3. The summed E-state index contributed by atoms with van der Waals surface area (Å²) in [6.07, 6.45) is 14.0. The van der Waals surface area contributed by atoms with Crippen LogP contribution in [0.25, 0.3) is 88.8 Å². The highest BCUT2D eigenvalue weighted by molar-refractivity contribution is 6.10. The number of hydrogen-bond acceptors (Lipinski definition) is 0. The van der Waals surface area contributed by atoms with Gasteiger partial charge in [0.2, 0.25) is 0 Å². The Hall–Kier alpha value is -9.18. The third kappa shape index (κ3) is 15.3. The maximum atomic E-state index is 2.45. The van der Waals surface area contributed by atoms with E-state index in [4.69, 9.17) is 0 Å². The van der Waals surface area contributed by atoms with Gasteiger partial charge in [0, 0.05) is 49.7 Å². The average Bonchev–Trinajstić information content (AvgIpc) is 1.62. The van der Waals surface area contributed by atoms with E-state index >= 15 is 0 Å². The molecule has 0 saturated carbocycles. The summed E-state index contributed by atoms with van der Waals surface area (Å²) in [6, 6.07) is 86.9. The maximum absolute atomic E-state index is 2.45. The van der Waals surface area contributed by atoms with Gasteiger partial charge in [-0.15, -0.1) is 0 Å². The number of allylic oxidation sites excluding steroid dienone is 3. The van der Waals surface area contributed by atoms with Crippen molar-refractivity contribution in [2.75, 3.05) is 0 Å². The van der Waals surface area contributed by atoms with Gasteiger partial charge in [-0.3, -0.25) is 0 Å². The number of aryl methyl sites for hydroxylation is 5. The van der Waals surface area contributed by atoms with Gasteiger partial charge in [-0.1, -0.05) is 269 Å². The van der Waals surface area contributed by atoms with Crippen LogP contribution in [0, 0.1) is 39.5 Å². The van der Waals surface area contributed by atoms with Crippen LogP contribution in [0.2, 0.25) is 0 Å². The van der Waals surface area contributed by atoms with Gasteiger partial charge in [-0.2, -0.15) is 0 Å². The third-order valence-corrected chi connectivity index (χ3v) is 16.8. The maximum Gasteiger partial charge on any atom is 0.0541 e. The molecule has 3 unspecified atom stereocenters. The molecular weight excluding hydrogens is 1090 g/mol. The molecule has 3 heteroatoms. The molecule has 10 aromatic carbocycles. The van der Waals surface area contributed by atoms with Crippen molar-refractivity contribution in [1.29, 1.82) is 0 Å². The predicted molar refractivity (Wildman–Crippen MR) is 398 cm³/mol. The highest BCUT2D eigenvalue weighted by atomic mass is 15.0. The van der Waals surface area contributed by atoms with E-state index in [2.05, 4.69) is 324 Å². The fourth-order valence-corrected chi connectivity index (χ4v) is 13.0. The summed E-state index contributed by atoms with van der Waals surface area (Å²) in [5, 5.41) is 6.55. The van der Waals surface area contributed by atoms with Crippen molar-refractivity contribution in [3.05, 3.63) is 300 Å². The smallest absolute Gasteiger partial charge is 0.0541 e. The number of benzene rings is 10. The van der Waals surface area contributed by atoms with E-state index in [1.165, 1.54) is 129 Å². The Morgan fingerprint density at radius 2 is 0.778 bits per heavy atom. The second-order valence-electron chi connectivity index (χ2n) is 23.1. The van der Waals surface area contributed by atoms with Gasteiger partial charge in [0.25, 0.3) is 0 Å². The van der Waals surface area contributed by atoms with Crippen LogP contribution >= 0.6 is 0 Å². The zero-order valence-corrected chi connectivity index (χ0v) is 56.3. The van der Waals surface area contributed by atoms with Gasteiger partial charge in [0.15, 0.2) is 0 Å². The Kier molecular flexibility index (Phi) is 24.4. The van der Waals surface area contributed by atoms with E-state index in [1.54, 1.807) is 5.56 Å². The van der Waals surface area contributed by atoms with Gasteiger partial charge in [0.1, 0.15) is 0 Å². The van der Waals surface area contributed by atoms with Crippen molar-refractivity contribution in [3.8, 4) is 28.2 Å². The standard InChI is InChI=1S/C33H30N2.C20H17N.C16H22.C12H10.3C2H6/c1-4-12-26-27-14-6-9-17-31(27)34(30(26)13-5-2)24-20-23(3)21-25(22-24)35-32-18-10-7-15-28(32)29-16-8-11-19-33(29)35;1-14-11-15(2)13-16(12-14)21-19-9-5-3-7-17(19)18-8-4-6-10-20(18)21;1-12-7-6-9-14(3)16(11-12)15-10-5-4-8-13(15)2;1-3-7-11(8-4-1)12-9-5-2-6-10-12;3*1-2/h5-11,13-22H,4,12H2,1-3H3;3-13H,1-2H3;4-6,8-10,12,14,16H,7,11H2,1-3H3;1-10H;3*1-2H3/b13-5-;;;;;;. The van der Waals surface area contributed by atoms with Crippen LogP contribution in [-0.4, -0.2) is 13.7 Å². The van der Waals surface area contributed by atoms with E-state index in [-0.39, 0.29) is 0 Å². The molecule has 1 aliphatic carbocycles. The number of fused-ring (bicyclic) bond motifs is 7. The Balaban J connectivity index is 0.000000162. The zero-order valence-electron chi connectivity index (χ0n) is 56.3. The lowest BCUT2D eigenvalue weighted by Crippen LogP contribution is -2.11. The van der Waals surface area contributed by atoms with Crippen molar-refractivity contribution in [2.24, 2.45) is 11.8 Å². The van der Waals surface area contributed by atoms with Crippen LogP contribution in [0.5, 0.6) is 0 Å². The molecule has 3 nitrogen and oxygen atoms in total. The van der Waals surface area contributed by atoms with E-state index in [0.717, 1.165) is 18.8 Å². The average molecular weight is 1180 g/mol. The molecule has 460 valence electrons. The molecule has 3 heterocycles. The lowest BCUT2D eigenvalue weighted by atomic mass is 9.80. The molecule has 0 bridgehead atoms. The molecule has 0 amide bonds.